The van der Waals surface area contributed by atoms with Crippen LogP contribution in [0.3, 0.4) is 0 Å². The summed E-state index contributed by atoms with van der Waals surface area (Å²) in [6.45, 7) is 1.01. The largest absolute Gasteiger partial charge is 0.393 e. The molecule has 0 bridgehead atoms. The van der Waals surface area contributed by atoms with Crippen molar-refractivity contribution in [3.05, 3.63) is 35.6 Å². The van der Waals surface area contributed by atoms with Gasteiger partial charge in [0.25, 0.3) is 0 Å². The van der Waals surface area contributed by atoms with E-state index in [0.29, 0.717) is 25.1 Å². The van der Waals surface area contributed by atoms with E-state index in [0.717, 1.165) is 12.8 Å². The van der Waals surface area contributed by atoms with Crippen molar-refractivity contribution in [2.75, 3.05) is 19.3 Å². The summed E-state index contributed by atoms with van der Waals surface area (Å²) in [7, 11) is -3.17. The molecule has 1 heterocycles. The number of piperidine rings is 1. The molecule has 1 aromatic rings. The maximum absolute atomic E-state index is 13.5. The summed E-state index contributed by atoms with van der Waals surface area (Å²) in [4.78, 5) is 0. The third kappa shape index (κ3) is 4.76. The number of nitrogens with zero attached hydrogens (tertiary/aromatic N) is 1. The average molecular weight is 315 g/mol. The molecule has 118 valence electrons. The van der Waals surface area contributed by atoms with Crippen LogP contribution in [0.5, 0.6) is 0 Å². The van der Waals surface area contributed by atoms with Crippen molar-refractivity contribution >= 4 is 10.0 Å². The third-order valence-corrected chi connectivity index (χ3v) is 5.24. The number of halogens is 1. The van der Waals surface area contributed by atoms with E-state index in [-0.39, 0.29) is 18.2 Å². The second-order valence-corrected chi connectivity index (χ2v) is 7.80. The fraction of sp³-hybridized carbons (Fsp3) is 0.600. The van der Waals surface area contributed by atoms with Gasteiger partial charge < -0.3 is 5.11 Å². The summed E-state index contributed by atoms with van der Waals surface area (Å²) in [6, 6.07) is 6.42. The Labute approximate surface area is 125 Å². The highest BCUT2D eigenvalue weighted by atomic mass is 32.2. The molecule has 2 unspecified atom stereocenters. The number of hydrogen-bond acceptors (Lipinski definition) is 3. The summed E-state index contributed by atoms with van der Waals surface area (Å²) < 4.78 is 38.2. The van der Waals surface area contributed by atoms with Gasteiger partial charge in [0.2, 0.25) is 10.0 Å². The lowest BCUT2D eigenvalue weighted by molar-refractivity contribution is 0.121. The lowest BCUT2D eigenvalue weighted by Crippen LogP contribution is -2.40. The standard InChI is InChI=1S/C15H22FNO3S/c1-21(19,20)17-8-4-5-12(11-17)9-14(18)10-13-6-2-3-7-15(13)16/h2-3,6-7,12,14,18H,4-5,8-11H2,1H3. The van der Waals surface area contributed by atoms with E-state index in [9.17, 15) is 17.9 Å². The molecule has 4 nitrogen and oxygen atoms in total. The summed E-state index contributed by atoms with van der Waals surface area (Å²) in [5.74, 6) is -0.173. The first-order chi connectivity index (χ1) is 9.86. The minimum atomic E-state index is -3.17. The Balaban J connectivity index is 1.91. The molecule has 2 atom stereocenters. The molecule has 0 aromatic heterocycles. The van der Waals surface area contributed by atoms with Gasteiger partial charge in [-0.25, -0.2) is 17.1 Å². The van der Waals surface area contributed by atoms with E-state index < -0.39 is 16.1 Å². The van der Waals surface area contributed by atoms with Crippen LogP contribution in [0, 0.1) is 11.7 Å². The average Bonchev–Trinajstić information content (AvgIpc) is 2.41. The van der Waals surface area contributed by atoms with Crippen LogP contribution >= 0.6 is 0 Å². The maximum atomic E-state index is 13.5. The Morgan fingerprint density at radius 3 is 2.81 bits per heavy atom. The van der Waals surface area contributed by atoms with E-state index >= 15 is 0 Å². The van der Waals surface area contributed by atoms with E-state index in [1.807, 2.05) is 0 Å². The first-order valence-corrected chi connectivity index (χ1v) is 9.07. The van der Waals surface area contributed by atoms with E-state index in [1.54, 1.807) is 18.2 Å². The molecular formula is C15H22FNO3S. The van der Waals surface area contributed by atoms with Crippen LogP contribution in [0.15, 0.2) is 24.3 Å². The van der Waals surface area contributed by atoms with Gasteiger partial charge in [0.15, 0.2) is 0 Å². The van der Waals surface area contributed by atoms with Crippen LogP contribution in [-0.2, 0) is 16.4 Å². The molecule has 2 rings (SSSR count). The van der Waals surface area contributed by atoms with Crippen LogP contribution in [0.25, 0.3) is 0 Å². The molecule has 0 saturated carbocycles. The molecule has 1 saturated heterocycles. The monoisotopic (exact) mass is 315 g/mol. The van der Waals surface area contributed by atoms with Gasteiger partial charge in [-0.05, 0) is 36.8 Å². The van der Waals surface area contributed by atoms with Gasteiger partial charge in [-0.1, -0.05) is 18.2 Å². The molecule has 6 heteroatoms. The zero-order chi connectivity index (χ0) is 15.5. The van der Waals surface area contributed by atoms with Crippen molar-refractivity contribution in [2.24, 2.45) is 5.92 Å². The lowest BCUT2D eigenvalue weighted by atomic mass is 9.91. The second kappa shape index (κ2) is 6.85. The first kappa shape index (κ1) is 16.4. The second-order valence-electron chi connectivity index (χ2n) is 5.81. The Hall–Kier alpha value is -0.980. The Morgan fingerprint density at radius 2 is 2.14 bits per heavy atom. The third-order valence-electron chi connectivity index (χ3n) is 3.97. The number of aliphatic hydroxyl groups is 1. The van der Waals surface area contributed by atoms with Gasteiger partial charge in [0, 0.05) is 19.5 Å². The minimum Gasteiger partial charge on any atom is -0.393 e. The zero-order valence-corrected chi connectivity index (χ0v) is 13.0. The van der Waals surface area contributed by atoms with Crippen molar-refractivity contribution in [1.29, 1.82) is 0 Å². The summed E-state index contributed by atoms with van der Waals surface area (Å²) in [6.07, 6.45) is 3.05. The summed E-state index contributed by atoms with van der Waals surface area (Å²) >= 11 is 0. The van der Waals surface area contributed by atoms with Crippen LogP contribution in [-0.4, -0.2) is 43.3 Å². The molecule has 0 amide bonds. The summed E-state index contributed by atoms with van der Waals surface area (Å²) in [5, 5.41) is 10.1. The molecule has 1 aromatic carbocycles. The highest BCUT2D eigenvalue weighted by Gasteiger charge is 2.27. The Bertz CT molecular complexity index is 576. The van der Waals surface area contributed by atoms with E-state index in [4.69, 9.17) is 0 Å². The molecule has 1 aliphatic heterocycles. The lowest BCUT2D eigenvalue weighted by Gasteiger charge is -2.32. The predicted octanol–water partition coefficient (Wildman–Crippen LogP) is 1.79. The quantitative estimate of drug-likeness (QED) is 0.901. The van der Waals surface area contributed by atoms with Gasteiger partial charge in [0.1, 0.15) is 5.82 Å². The fourth-order valence-electron chi connectivity index (χ4n) is 2.91. The molecule has 1 N–H and O–H groups in total. The number of rotatable bonds is 5. The van der Waals surface area contributed by atoms with Crippen LogP contribution in [0.1, 0.15) is 24.8 Å². The normalized spacial score (nSPS) is 22.1. The van der Waals surface area contributed by atoms with E-state index in [2.05, 4.69) is 0 Å². The number of benzene rings is 1. The SMILES string of the molecule is CS(=O)(=O)N1CCCC(CC(O)Cc2ccccc2F)C1. The van der Waals surface area contributed by atoms with Gasteiger partial charge in [-0.2, -0.15) is 0 Å². The highest BCUT2D eigenvalue weighted by Crippen LogP contribution is 2.24. The molecule has 1 fully saturated rings. The van der Waals surface area contributed by atoms with Crippen LogP contribution in [0.2, 0.25) is 0 Å². The number of hydrogen-bond donors (Lipinski definition) is 1. The molecule has 0 radical (unpaired) electrons. The highest BCUT2D eigenvalue weighted by molar-refractivity contribution is 7.88. The van der Waals surface area contributed by atoms with Crippen molar-refractivity contribution in [1.82, 2.24) is 4.31 Å². The van der Waals surface area contributed by atoms with Crippen molar-refractivity contribution in [3.8, 4) is 0 Å². The molecule has 0 spiro atoms. The molecular weight excluding hydrogens is 293 g/mol. The zero-order valence-electron chi connectivity index (χ0n) is 12.2. The van der Waals surface area contributed by atoms with Gasteiger partial charge >= 0.3 is 0 Å². The summed E-state index contributed by atoms with van der Waals surface area (Å²) in [5.41, 5.74) is 0.501. The van der Waals surface area contributed by atoms with Gasteiger partial charge in [-0.3, -0.25) is 0 Å². The van der Waals surface area contributed by atoms with Crippen molar-refractivity contribution < 1.29 is 17.9 Å². The smallest absolute Gasteiger partial charge is 0.211 e. The molecule has 21 heavy (non-hydrogen) atoms. The predicted molar refractivity (Wildman–Crippen MR) is 79.9 cm³/mol. The fourth-order valence-corrected chi connectivity index (χ4v) is 3.85. The topological polar surface area (TPSA) is 57.6 Å². The Kier molecular flexibility index (Phi) is 5.35. The van der Waals surface area contributed by atoms with Gasteiger partial charge in [0.05, 0.1) is 12.4 Å². The van der Waals surface area contributed by atoms with Crippen molar-refractivity contribution in [2.45, 2.75) is 31.8 Å². The minimum absolute atomic E-state index is 0.134. The van der Waals surface area contributed by atoms with Gasteiger partial charge in [-0.15, -0.1) is 0 Å². The number of aliphatic hydroxyl groups excluding tert-OH is 1. The maximum Gasteiger partial charge on any atom is 0.211 e. The number of sulfonamides is 1. The van der Waals surface area contributed by atoms with E-state index in [1.165, 1.54) is 16.6 Å². The first-order valence-electron chi connectivity index (χ1n) is 7.23. The molecule has 1 aliphatic rings. The Morgan fingerprint density at radius 1 is 1.43 bits per heavy atom. The van der Waals surface area contributed by atoms with Crippen LogP contribution < -0.4 is 0 Å². The van der Waals surface area contributed by atoms with Crippen LogP contribution in [0.4, 0.5) is 4.39 Å². The molecule has 0 aliphatic carbocycles. The van der Waals surface area contributed by atoms with Crippen molar-refractivity contribution in [3.63, 3.8) is 0 Å².